The molecular formula is C53H53ClF3N11O16S6. The highest BCUT2D eigenvalue weighted by atomic mass is 35.7. The first-order valence-electron chi connectivity index (χ1n) is 25.1. The molecule has 90 heavy (non-hydrogen) atoms. The van der Waals surface area contributed by atoms with Gasteiger partial charge in [0, 0.05) is 102 Å². The van der Waals surface area contributed by atoms with Crippen molar-refractivity contribution >= 4 is 90.5 Å². The Hall–Kier alpha value is -8.22. The Bertz CT molecular complexity index is 4110. The lowest BCUT2D eigenvalue weighted by atomic mass is 10.1. The number of aliphatic hydroxyl groups excluding tert-OH is 1. The molecule has 0 aromatic heterocycles. The zero-order valence-electron chi connectivity index (χ0n) is 47.0. The van der Waals surface area contributed by atoms with E-state index in [1.165, 1.54) is 53.4 Å². The summed E-state index contributed by atoms with van der Waals surface area (Å²) in [6, 6.07) is 42.4. The topological polar surface area (TPSA) is 408 Å². The van der Waals surface area contributed by atoms with Crippen LogP contribution in [0, 0.1) is 47.8 Å². The van der Waals surface area contributed by atoms with Crippen LogP contribution >= 0.6 is 34.2 Å². The summed E-state index contributed by atoms with van der Waals surface area (Å²) < 4.78 is 136. The first-order valence-corrected chi connectivity index (χ1v) is 34.5. The number of nitro benzene ring substituents is 3. The predicted octanol–water partition coefficient (Wildman–Crippen LogP) is 11.7. The van der Waals surface area contributed by atoms with Gasteiger partial charge in [0.05, 0.1) is 50.3 Å². The molecule has 27 nitrogen and oxygen atoms in total. The molecule has 0 spiro atoms. The first-order chi connectivity index (χ1) is 42.3. The Morgan fingerprint density at radius 1 is 0.567 bits per heavy atom. The lowest BCUT2D eigenvalue weighted by Crippen LogP contribution is -2.25. The number of rotatable bonds is 25. The van der Waals surface area contributed by atoms with Crippen molar-refractivity contribution in [3.05, 3.63) is 260 Å². The van der Waals surface area contributed by atoms with Gasteiger partial charge in [-0.2, -0.15) is 21.6 Å². The summed E-state index contributed by atoms with van der Waals surface area (Å²) >= 11 is 3.43. The molecule has 0 atom stereocenters. The van der Waals surface area contributed by atoms with Gasteiger partial charge in [-0.15, -0.1) is 23.5 Å². The van der Waals surface area contributed by atoms with Gasteiger partial charge in [-0.3, -0.25) is 39.4 Å². The minimum Gasteiger partial charge on any atom is -0.392 e. The zero-order chi connectivity index (χ0) is 67.1. The minimum atomic E-state index is -4.07. The number of aliphatic hydroxyl groups is 1. The molecule has 0 amide bonds. The highest BCUT2D eigenvalue weighted by molar-refractivity contribution is 8.13. The van der Waals surface area contributed by atoms with Crippen LogP contribution in [0.4, 0.5) is 30.2 Å². The summed E-state index contributed by atoms with van der Waals surface area (Å²) in [5.74, 6) is -1.08. The normalized spacial score (nSPS) is 11.0. The molecule has 0 aliphatic carbocycles. The number of sulfonamides is 2. The monoisotopic (exact) mass is 1380 g/mol. The molecule has 7 rings (SSSR count). The summed E-state index contributed by atoms with van der Waals surface area (Å²) in [4.78, 5) is 38.1. The molecule has 0 unspecified atom stereocenters. The van der Waals surface area contributed by atoms with E-state index in [2.05, 4.69) is 51.2 Å². The number of hydrogen-bond acceptors (Lipinski definition) is 20. The van der Waals surface area contributed by atoms with Crippen molar-refractivity contribution in [2.24, 2.45) is 9.04 Å². The number of nitro groups is 3. The van der Waals surface area contributed by atoms with E-state index in [0.29, 0.717) is 37.3 Å². The second-order valence-corrected chi connectivity index (χ2v) is 27.9. The molecule has 480 valence electrons. The molecule has 2 N–H and O–H groups in total. The molecule has 0 radical (unpaired) electrons. The largest absolute Gasteiger partial charge is 0.392 e. The second kappa shape index (κ2) is 37.7. The fourth-order valence-corrected chi connectivity index (χ4v) is 10.3. The average molecular weight is 1380 g/mol. The smallest absolute Gasteiger partial charge is 0.305 e. The molecule has 0 aliphatic rings. The van der Waals surface area contributed by atoms with Crippen LogP contribution in [0.5, 0.6) is 0 Å². The Kier molecular flexibility index (Phi) is 31.8. The third kappa shape index (κ3) is 29.9. The molecule has 0 aliphatic heterocycles. The Morgan fingerprint density at radius 3 is 1.34 bits per heavy atom. The van der Waals surface area contributed by atoms with E-state index in [0.717, 1.165) is 76.9 Å². The number of azide groups is 2. The fourth-order valence-electron chi connectivity index (χ4n) is 6.82. The van der Waals surface area contributed by atoms with Crippen molar-refractivity contribution < 1.29 is 70.9 Å². The number of thioether (sulfide) groups is 2. The maximum Gasteiger partial charge on any atom is 0.305 e. The van der Waals surface area contributed by atoms with Crippen molar-refractivity contribution in [1.29, 1.82) is 0 Å². The lowest BCUT2D eigenvalue weighted by molar-refractivity contribution is -0.387. The zero-order valence-corrected chi connectivity index (χ0v) is 52.6. The quantitative estimate of drug-likeness (QED) is 0.00617. The van der Waals surface area contributed by atoms with Gasteiger partial charge in [0.1, 0.15) is 0 Å². The van der Waals surface area contributed by atoms with Gasteiger partial charge in [-0.1, -0.05) is 78.9 Å². The standard InChI is InChI=1S/C22H20FN5O4S2.C15H16N4O2S2.C8H8FNO5S.C7H6FNO3.CH3ClO2S/c23-21-11-8-18(14-22(21)28(29)30)16-27(12-13-33-19-4-2-1-3-5-19)15-17-6-9-20(10-7-17)34(31,32)26-25-24;16-18-19-23(20,21)15-8-6-13(7-9-15)12-17-10-11-22-14-4-2-1-3-5-14;1-16(13,14)15-5-6-2-3-7(9)8(4-6)10(11)12;8-6-2-1-5(4-10)3-7(6)9(11)12;1-5(2,3)4/h1-11,14H,12-13,15-16H2;1-9,17H,10-12H2;2-4H,5H2,1H3;1-3,10H,4H2;1H3. The number of hydrogen-bond donors (Lipinski definition) is 2. The van der Waals surface area contributed by atoms with E-state index in [1.54, 1.807) is 47.8 Å². The molecule has 0 saturated carbocycles. The van der Waals surface area contributed by atoms with E-state index in [-0.39, 0.29) is 28.6 Å². The van der Waals surface area contributed by atoms with Crippen LogP contribution in [-0.2, 0) is 76.2 Å². The third-order valence-corrected chi connectivity index (χ3v) is 15.7. The molecule has 0 bridgehead atoms. The summed E-state index contributed by atoms with van der Waals surface area (Å²) in [5.41, 5.74) is 17.6. The molecule has 0 saturated heterocycles. The van der Waals surface area contributed by atoms with Gasteiger partial charge >= 0.3 is 17.1 Å². The van der Waals surface area contributed by atoms with Gasteiger partial charge in [0.2, 0.25) is 26.5 Å². The van der Waals surface area contributed by atoms with Gasteiger partial charge in [-0.25, -0.2) is 25.3 Å². The Balaban J connectivity index is 0.000000326. The van der Waals surface area contributed by atoms with Crippen LogP contribution in [0.2, 0.25) is 0 Å². The molecule has 0 heterocycles. The van der Waals surface area contributed by atoms with E-state index in [9.17, 15) is 77.2 Å². The van der Waals surface area contributed by atoms with Gasteiger partial charge < -0.3 is 10.4 Å². The Morgan fingerprint density at radius 2 is 0.933 bits per heavy atom. The first kappa shape index (κ1) is 76.0. The van der Waals surface area contributed by atoms with Crippen LogP contribution in [0.15, 0.2) is 192 Å². The maximum atomic E-state index is 13.7. The van der Waals surface area contributed by atoms with Gasteiger partial charge in [0.15, 0.2) is 0 Å². The fraction of sp³-hybridized carbons (Fsp3) is 0.208. The summed E-state index contributed by atoms with van der Waals surface area (Å²) in [5, 5.41) is 43.6. The van der Waals surface area contributed by atoms with Crippen molar-refractivity contribution in [2.75, 3.05) is 37.1 Å². The van der Waals surface area contributed by atoms with Crippen LogP contribution in [0.25, 0.3) is 20.9 Å². The SMILES string of the molecule is CS(=O)(=O)Cl.CS(=O)(=O)OCc1ccc(F)c([N+](=O)[O-])c1.O=[N+]([O-])c1cc(CO)ccc1F.[N-]=[N+]=NS(=O)(=O)c1ccc(CN(CCSc2ccccc2)Cc2ccc(F)c([N+](=O)[O-])c2)cc1.[N-]=[N+]=NS(=O)(=O)c1ccc(CNCCSc2ccccc2)cc1. The van der Waals surface area contributed by atoms with Crippen LogP contribution in [0.1, 0.15) is 27.8 Å². The van der Waals surface area contributed by atoms with E-state index >= 15 is 0 Å². The molecule has 7 aromatic rings. The van der Waals surface area contributed by atoms with E-state index in [4.69, 9.17) is 16.2 Å². The van der Waals surface area contributed by atoms with Crippen molar-refractivity contribution in [3.63, 3.8) is 0 Å². The molecular weight excluding hydrogens is 1330 g/mol. The van der Waals surface area contributed by atoms with Crippen LogP contribution in [-0.4, -0.2) is 95.6 Å². The van der Waals surface area contributed by atoms with Gasteiger partial charge in [0.25, 0.3) is 30.2 Å². The summed E-state index contributed by atoms with van der Waals surface area (Å²) in [7, 11) is -10.3. The highest BCUT2D eigenvalue weighted by Gasteiger charge is 2.19. The highest BCUT2D eigenvalue weighted by Crippen LogP contribution is 2.25. The lowest BCUT2D eigenvalue weighted by Gasteiger charge is -2.22. The van der Waals surface area contributed by atoms with E-state index in [1.807, 2.05) is 53.4 Å². The molecule has 7 aromatic carbocycles. The van der Waals surface area contributed by atoms with Crippen molar-refractivity contribution in [2.45, 2.75) is 52.4 Å². The predicted molar refractivity (Wildman–Crippen MR) is 331 cm³/mol. The van der Waals surface area contributed by atoms with E-state index < -0.39 is 88.5 Å². The number of benzene rings is 7. The number of halogens is 4. The number of nitrogens with zero attached hydrogens (tertiary/aromatic N) is 10. The summed E-state index contributed by atoms with van der Waals surface area (Å²) in [6.07, 6.45) is 1.78. The van der Waals surface area contributed by atoms with Crippen LogP contribution in [0.3, 0.4) is 0 Å². The maximum absolute atomic E-state index is 13.7. The van der Waals surface area contributed by atoms with Crippen molar-refractivity contribution in [3.8, 4) is 0 Å². The second-order valence-electron chi connectivity index (χ2n) is 17.7. The minimum absolute atomic E-state index is 0.00122. The summed E-state index contributed by atoms with van der Waals surface area (Å²) in [6.45, 7) is 2.16. The Labute approximate surface area is 527 Å². The molecule has 0 fully saturated rings. The molecule has 37 heteroatoms. The third-order valence-electron chi connectivity index (χ3n) is 10.8. The van der Waals surface area contributed by atoms with Crippen LogP contribution < -0.4 is 5.32 Å². The number of nitrogens with one attached hydrogen (secondary N) is 1. The average Bonchev–Trinajstić information content (AvgIpc) is 2.53. The van der Waals surface area contributed by atoms with Crippen molar-refractivity contribution in [1.82, 2.24) is 10.2 Å². The van der Waals surface area contributed by atoms with Gasteiger partial charge in [-0.05, 0) is 106 Å².